The molecule has 72 valence electrons. The van der Waals surface area contributed by atoms with E-state index in [-0.39, 0.29) is 0 Å². The summed E-state index contributed by atoms with van der Waals surface area (Å²) in [4.78, 5) is 0. The lowest BCUT2D eigenvalue weighted by Crippen LogP contribution is -1.80. The van der Waals surface area contributed by atoms with Crippen LogP contribution in [0.1, 0.15) is 5.56 Å². The first kappa shape index (κ1) is 9.09. The second kappa shape index (κ2) is 3.35. The number of hydrogen-bond donors (Lipinski definition) is 1. The van der Waals surface area contributed by atoms with Crippen molar-refractivity contribution < 1.29 is 4.52 Å². The van der Waals surface area contributed by atoms with Crippen LogP contribution in [0, 0.1) is 6.92 Å². The fraction of sp³-hybridized carbons (Fsp3) is 0.100. The molecule has 0 bridgehead atoms. The minimum absolute atomic E-state index is 0.373. The Kier molecular flexibility index (Phi) is 2.17. The zero-order valence-electron chi connectivity index (χ0n) is 7.62. The van der Waals surface area contributed by atoms with Crippen molar-refractivity contribution in [3.05, 3.63) is 34.9 Å². The summed E-state index contributed by atoms with van der Waals surface area (Å²) in [5.41, 5.74) is 7.41. The minimum Gasteiger partial charge on any atom is -0.381 e. The Hall–Kier alpha value is -1.48. The molecular weight excluding hydrogens is 200 g/mol. The van der Waals surface area contributed by atoms with Gasteiger partial charge in [0, 0.05) is 16.7 Å². The van der Waals surface area contributed by atoms with Gasteiger partial charge in [-0.15, -0.1) is 0 Å². The molecule has 0 aliphatic heterocycles. The van der Waals surface area contributed by atoms with Gasteiger partial charge in [0.15, 0.2) is 11.6 Å². The lowest BCUT2D eigenvalue weighted by molar-refractivity contribution is 0.436. The van der Waals surface area contributed by atoms with E-state index in [9.17, 15) is 0 Å². The van der Waals surface area contributed by atoms with Crippen LogP contribution >= 0.6 is 11.6 Å². The number of hydrogen-bond acceptors (Lipinski definition) is 3. The van der Waals surface area contributed by atoms with Gasteiger partial charge in [0.25, 0.3) is 0 Å². The van der Waals surface area contributed by atoms with Crippen LogP contribution in [0.25, 0.3) is 11.3 Å². The van der Waals surface area contributed by atoms with E-state index in [0.29, 0.717) is 16.6 Å². The van der Waals surface area contributed by atoms with Gasteiger partial charge in [-0.1, -0.05) is 16.8 Å². The molecule has 0 saturated carbocycles. The molecular formula is C10H9ClN2O. The van der Waals surface area contributed by atoms with Crippen LogP contribution in [-0.2, 0) is 0 Å². The van der Waals surface area contributed by atoms with Gasteiger partial charge in [0.2, 0.25) is 0 Å². The number of nitrogens with zero attached hydrogens (tertiary/aromatic N) is 1. The number of rotatable bonds is 1. The second-order valence-electron chi connectivity index (χ2n) is 3.13. The largest absolute Gasteiger partial charge is 0.381 e. The third-order valence-electron chi connectivity index (χ3n) is 1.86. The van der Waals surface area contributed by atoms with Crippen LogP contribution in [0.4, 0.5) is 5.82 Å². The zero-order valence-corrected chi connectivity index (χ0v) is 8.38. The minimum atomic E-state index is 0.373. The summed E-state index contributed by atoms with van der Waals surface area (Å²) >= 11 is 5.91. The fourth-order valence-corrected chi connectivity index (χ4v) is 1.59. The van der Waals surface area contributed by atoms with Crippen molar-refractivity contribution in [2.75, 3.05) is 5.73 Å². The summed E-state index contributed by atoms with van der Waals surface area (Å²) in [6.45, 7) is 1.97. The molecule has 0 radical (unpaired) electrons. The normalized spacial score (nSPS) is 10.4. The Morgan fingerprint density at radius 1 is 1.29 bits per heavy atom. The maximum absolute atomic E-state index is 5.91. The third-order valence-corrected chi connectivity index (χ3v) is 2.07. The van der Waals surface area contributed by atoms with Gasteiger partial charge in [-0.25, -0.2) is 0 Å². The van der Waals surface area contributed by atoms with Gasteiger partial charge in [-0.05, 0) is 30.7 Å². The Morgan fingerprint density at radius 3 is 2.64 bits per heavy atom. The molecule has 2 rings (SSSR count). The maximum atomic E-state index is 5.91. The standard InChI is InChI=1S/C10H9ClN2O/c1-6-2-7(4-8(11)3-6)9-5-10(12)13-14-9/h2-5H,1H3,(H2,12,13). The Labute approximate surface area is 86.5 Å². The Morgan fingerprint density at radius 2 is 2.07 bits per heavy atom. The number of aryl methyl sites for hydroxylation is 1. The Balaban J connectivity index is 2.51. The van der Waals surface area contributed by atoms with Crippen molar-refractivity contribution in [2.45, 2.75) is 6.92 Å². The molecule has 0 saturated heterocycles. The highest BCUT2D eigenvalue weighted by Gasteiger charge is 2.05. The lowest BCUT2D eigenvalue weighted by Gasteiger charge is -1.98. The summed E-state index contributed by atoms with van der Waals surface area (Å²) in [6.07, 6.45) is 0. The van der Waals surface area contributed by atoms with E-state index in [1.165, 1.54) is 0 Å². The molecule has 3 nitrogen and oxygen atoms in total. The van der Waals surface area contributed by atoms with Crippen LogP contribution in [-0.4, -0.2) is 5.16 Å². The smallest absolute Gasteiger partial charge is 0.169 e. The quantitative estimate of drug-likeness (QED) is 0.784. The van der Waals surface area contributed by atoms with Crippen LogP contribution in [0.5, 0.6) is 0 Å². The van der Waals surface area contributed by atoms with Crippen molar-refractivity contribution in [2.24, 2.45) is 0 Å². The van der Waals surface area contributed by atoms with E-state index in [4.69, 9.17) is 21.9 Å². The SMILES string of the molecule is Cc1cc(Cl)cc(-c2cc(N)no2)c1. The van der Waals surface area contributed by atoms with E-state index in [1.807, 2.05) is 25.1 Å². The van der Waals surface area contributed by atoms with Crippen LogP contribution in [0.3, 0.4) is 0 Å². The van der Waals surface area contributed by atoms with E-state index in [2.05, 4.69) is 5.16 Å². The molecule has 0 amide bonds. The number of anilines is 1. The van der Waals surface area contributed by atoms with Gasteiger partial charge in [0.05, 0.1) is 0 Å². The number of benzene rings is 1. The van der Waals surface area contributed by atoms with Crippen molar-refractivity contribution in [3.8, 4) is 11.3 Å². The molecule has 4 heteroatoms. The number of nitrogens with two attached hydrogens (primary N) is 1. The van der Waals surface area contributed by atoms with Crippen molar-refractivity contribution >= 4 is 17.4 Å². The monoisotopic (exact) mass is 208 g/mol. The number of nitrogen functional groups attached to an aromatic ring is 1. The van der Waals surface area contributed by atoms with E-state index < -0.39 is 0 Å². The summed E-state index contributed by atoms with van der Waals surface area (Å²) in [6, 6.07) is 7.33. The van der Waals surface area contributed by atoms with E-state index in [0.717, 1.165) is 11.1 Å². The molecule has 14 heavy (non-hydrogen) atoms. The van der Waals surface area contributed by atoms with Crippen LogP contribution in [0.2, 0.25) is 5.02 Å². The fourth-order valence-electron chi connectivity index (χ4n) is 1.30. The van der Waals surface area contributed by atoms with Crippen molar-refractivity contribution in [1.82, 2.24) is 5.16 Å². The molecule has 0 spiro atoms. The first-order valence-electron chi connectivity index (χ1n) is 4.15. The highest BCUT2D eigenvalue weighted by molar-refractivity contribution is 6.30. The van der Waals surface area contributed by atoms with Gasteiger partial charge in [-0.2, -0.15) is 0 Å². The molecule has 2 N–H and O–H groups in total. The number of halogens is 1. The van der Waals surface area contributed by atoms with E-state index >= 15 is 0 Å². The molecule has 0 aliphatic carbocycles. The predicted octanol–water partition coefficient (Wildman–Crippen LogP) is 2.89. The first-order chi connectivity index (χ1) is 6.65. The van der Waals surface area contributed by atoms with Gasteiger partial charge in [0.1, 0.15) is 0 Å². The van der Waals surface area contributed by atoms with Crippen molar-refractivity contribution in [1.29, 1.82) is 0 Å². The molecule has 1 aromatic heterocycles. The molecule has 1 aromatic carbocycles. The highest BCUT2D eigenvalue weighted by Crippen LogP contribution is 2.25. The zero-order chi connectivity index (χ0) is 10.1. The van der Waals surface area contributed by atoms with E-state index in [1.54, 1.807) is 6.07 Å². The maximum Gasteiger partial charge on any atom is 0.169 e. The topological polar surface area (TPSA) is 52.0 Å². The molecule has 1 heterocycles. The molecule has 0 fully saturated rings. The molecule has 0 atom stereocenters. The average molecular weight is 209 g/mol. The molecule has 0 aliphatic rings. The summed E-state index contributed by atoms with van der Waals surface area (Å²) in [7, 11) is 0. The summed E-state index contributed by atoms with van der Waals surface area (Å²) in [5.74, 6) is 1.01. The average Bonchev–Trinajstić information content (AvgIpc) is 2.50. The first-order valence-corrected chi connectivity index (χ1v) is 4.53. The second-order valence-corrected chi connectivity index (χ2v) is 3.57. The highest BCUT2D eigenvalue weighted by atomic mass is 35.5. The van der Waals surface area contributed by atoms with Crippen LogP contribution in [0.15, 0.2) is 28.8 Å². The van der Waals surface area contributed by atoms with Crippen LogP contribution < -0.4 is 5.73 Å². The molecule has 2 aromatic rings. The van der Waals surface area contributed by atoms with Crippen molar-refractivity contribution in [3.63, 3.8) is 0 Å². The van der Waals surface area contributed by atoms with Gasteiger partial charge < -0.3 is 10.3 Å². The lowest BCUT2D eigenvalue weighted by atomic mass is 10.1. The summed E-state index contributed by atoms with van der Waals surface area (Å²) < 4.78 is 5.03. The molecule has 0 unspecified atom stereocenters. The summed E-state index contributed by atoms with van der Waals surface area (Å²) in [5, 5.41) is 4.29. The number of aromatic nitrogens is 1. The Bertz CT molecular complexity index is 445. The third kappa shape index (κ3) is 1.72. The van der Waals surface area contributed by atoms with Gasteiger partial charge in [-0.3, -0.25) is 0 Å². The predicted molar refractivity (Wildman–Crippen MR) is 56.1 cm³/mol. The van der Waals surface area contributed by atoms with Gasteiger partial charge >= 0.3 is 0 Å².